The van der Waals surface area contributed by atoms with Crippen LogP contribution in [0.2, 0.25) is 0 Å². The van der Waals surface area contributed by atoms with Gasteiger partial charge in [0.05, 0.1) is 17.7 Å². The fourth-order valence-electron chi connectivity index (χ4n) is 3.66. The molecule has 0 radical (unpaired) electrons. The summed E-state index contributed by atoms with van der Waals surface area (Å²) >= 11 is 0. The number of H-pyrrole nitrogens is 1. The van der Waals surface area contributed by atoms with Crippen molar-refractivity contribution in [1.82, 2.24) is 9.97 Å². The topological polar surface area (TPSA) is 55.0 Å². The van der Waals surface area contributed by atoms with Gasteiger partial charge in [0.1, 0.15) is 17.2 Å². The highest BCUT2D eigenvalue weighted by Crippen LogP contribution is 2.34. The average molecular weight is 364 g/mol. The second-order valence-electron chi connectivity index (χ2n) is 7.48. The van der Waals surface area contributed by atoms with Gasteiger partial charge in [0.25, 0.3) is 0 Å². The van der Waals surface area contributed by atoms with Gasteiger partial charge in [-0.25, -0.2) is 4.98 Å². The largest absolute Gasteiger partial charge is 0.489 e. The van der Waals surface area contributed by atoms with Crippen molar-refractivity contribution in [3.63, 3.8) is 0 Å². The molecule has 2 heterocycles. The number of hydrogen-bond acceptors (Lipinski definition) is 3. The maximum Gasteiger partial charge on any atom is 0.140 e. The van der Waals surface area contributed by atoms with E-state index in [1.54, 1.807) is 13.1 Å². The first-order valence-electron chi connectivity index (χ1n) is 9.61. The molecule has 2 aromatic heterocycles. The van der Waals surface area contributed by atoms with Crippen LogP contribution in [0.3, 0.4) is 0 Å². The molecule has 0 aliphatic heterocycles. The Labute approximate surface area is 161 Å². The first kappa shape index (κ1) is 19.2. The lowest BCUT2D eigenvalue weighted by Crippen LogP contribution is -2.33. The molecule has 0 saturated heterocycles. The molecular weight excluding hydrogens is 336 g/mol. The Morgan fingerprint density at radius 3 is 2.78 bits per heavy atom. The van der Waals surface area contributed by atoms with E-state index in [-0.39, 0.29) is 11.9 Å². The number of nitrogens with zero attached hydrogens (tertiary/aromatic N) is 1. The molecule has 0 amide bonds. The van der Waals surface area contributed by atoms with Crippen molar-refractivity contribution >= 4 is 16.8 Å². The van der Waals surface area contributed by atoms with Crippen LogP contribution in [0.25, 0.3) is 11.0 Å². The van der Waals surface area contributed by atoms with Gasteiger partial charge in [-0.2, -0.15) is 0 Å². The van der Waals surface area contributed by atoms with Crippen molar-refractivity contribution in [3.8, 4) is 5.75 Å². The second-order valence-corrected chi connectivity index (χ2v) is 7.48. The molecule has 1 unspecified atom stereocenters. The SMILES string of the molecule is CCC(CC[C@](C)(C(C)=O)c1ccccc1C)Oc1cnc2[nH]ccc2c1. The van der Waals surface area contributed by atoms with Gasteiger partial charge in [-0.05, 0) is 63.3 Å². The number of ketones is 1. The number of fused-ring (bicyclic) bond motifs is 1. The Morgan fingerprint density at radius 1 is 1.30 bits per heavy atom. The lowest BCUT2D eigenvalue weighted by atomic mass is 9.73. The average Bonchev–Trinajstić information content (AvgIpc) is 3.12. The van der Waals surface area contributed by atoms with E-state index in [1.165, 1.54) is 0 Å². The quantitative estimate of drug-likeness (QED) is 0.586. The summed E-state index contributed by atoms with van der Waals surface area (Å²) in [5.74, 6) is 0.969. The molecule has 0 aliphatic carbocycles. The Bertz CT molecular complexity index is 931. The molecule has 0 spiro atoms. The molecule has 1 N–H and O–H groups in total. The lowest BCUT2D eigenvalue weighted by molar-refractivity contribution is -0.122. The van der Waals surface area contributed by atoms with E-state index in [0.29, 0.717) is 0 Å². The van der Waals surface area contributed by atoms with Crippen molar-refractivity contribution in [2.45, 2.75) is 58.5 Å². The van der Waals surface area contributed by atoms with E-state index in [0.717, 1.165) is 47.2 Å². The maximum absolute atomic E-state index is 12.5. The van der Waals surface area contributed by atoms with Crippen LogP contribution in [0.4, 0.5) is 0 Å². The number of carbonyl (C=O) groups excluding carboxylic acids is 1. The van der Waals surface area contributed by atoms with E-state index >= 15 is 0 Å². The smallest absolute Gasteiger partial charge is 0.140 e. The number of aromatic amines is 1. The molecule has 142 valence electrons. The fourth-order valence-corrected chi connectivity index (χ4v) is 3.66. The molecule has 0 aliphatic rings. The highest BCUT2D eigenvalue weighted by atomic mass is 16.5. The van der Waals surface area contributed by atoms with E-state index in [4.69, 9.17) is 4.74 Å². The Balaban J connectivity index is 1.74. The number of aryl methyl sites for hydroxylation is 1. The van der Waals surface area contributed by atoms with Crippen LogP contribution < -0.4 is 4.74 Å². The van der Waals surface area contributed by atoms with Crippen LogP contribution in [0.15, 0.2) is 48.8 Å². The highest BCUT2D eigenvalue weighted by Gasteiger charge is 2.33. The number of rotatable bonds is 8. The first-order chi connectivity index (χ1) is 12.9. The van der Waals surface area contributed by atoms with E-state index in [2.05, 4.69) is 42.9 Å². The minimum atomic E-state index is -0.495. The number of nitrogens with one attached hydrogen (secondary N) is 1. The molecule has 0 saturated carbocycles. The van der Waals surface area contributed by atoms with Gasteiger partial charge in [0.2, 0.25) is 0 Å². The summed E-state index contributed by atoms with van der Waals surface area (Å²) in [7, 11) is 0. The summed E-state index contributed by atoms with van der Waals surface area (Å²) in [5, 5.41) is 1.04. The Kier molecular flexibility index (Phi) is 5.64. The molecule has 27 heavy (non-hydrogen) atoms. The predicted molar refractivity (Wildman–Crippen MR) is 109 cm³/mol. The summed E-state index contributed by atoms with van der Waals surface area (Å²) in [4.78, 5) is 20.0. The summed E-state index contributed by atoms with van der Waals surface area (Å²) < 4.78 is 6.19. The lowest BCUT2D eigenvalue weighted by Gasteiger charge is -2.30. The van der Waals surface area contributed by atoms with Gasteiger partial charge < -0.3 is 9.72 Å². The summed E-state index contributed by atoms with van der Waals surface area (Å²) in [6.45, 7) is 7.93. The van der Waals surface area contributed by atoms with Crippen LogP contribution >= 0.6 is 0 Å². The molecule has 3 aromatic rings. The van der Waals surface area contributed by atoms with Crippen molar-refractivity contribution < 1.29 is 9.53 Å². The summed E-state index contributed by atoms with van der Waals surface area (Å²) in [5.41, 5.74) is 2.64. The zero-order valence-corrected chi connectivity index (χ0v) is 16.6. The third-order valence-electron chi connectivity index (χ3n) is 5.62. The summed E-state index contributed by atoms with van der Waals surface area (Å²) in [6, 6.07) is 12.2. The predicted octanol–water partition coefficient (Wildman–Crippen LogP) is 5.36. The van der Waals surface area contributed by atoms with E-state index in [9.17, 15) is 4.79 Å². The number of aromatic nitrogens is 2. The first-order valence-corrected chi connectivity index (χ1v) is 9.61. The standard InChI is InChI=1S/C23H28N2O2/c1-5-19(27-20-14-18-11-13-24-22(18)25-15-20)10-12-23(4,17(3)26)21-9-7-6-8-16(21)2/h6-9,11,13-15,19H,5,10,12H2,1-4H3,(H,24,25)/t19?,23-/m1/s1. The number of carbonyl (C=O) groups is 1. The van der Waals surface area contributed by atoms with Crippen molar-refractivity contribution in [2.24, 2.45) is 0 Å². The van der Waals surface area contributed by atoms with E-state index in [1.807, 2.05) is 30.5 Å². The zero-order chi connectivity index (χ0) is 19.4. The van der Waals surface area contributed by atoms with Crippen LogP contribution in [0, 0.1) is 6.92 Å². The fraction of sp³-hybridized carbons (Fsp3) is 0.391. The third kappa shape index (κ3) is 4.05. The molecule has 3 rings (SSSR count). The number of hydrogen-bond donors (Lipinski definition) is 1. The number of Topliss-reactive ketones (excluding diaryl/α,β-unsaturated/α-hetero) is 1. The second kappa shape index (κ2) is 7.95. The van der Waals surface area contributed by atoms with Crippen molar-refractivity contribution in [1.29, 1.82) is 0 Å². The maximum atomic E-state index is 12.5. The van der Waals surface area contributed by atoms with E-state index < -0.39 is 5.41 Å². The van der Waals surface area contributed by atoms with Gasteiger partial charge >= 0.3 is 0 Å². The van der Waals surface area contributed by atoms with Gasteiger partial charge in [0, 0.05) is 11.6 Å². The molecule has 4 heteroatoms. The minimum absolute atomic E-state index is 0.0471. The molecule has 4 nitrogen and oxygen atoms in total. The molecule has 0 fully saturated rings. The van der Waals surface area contributed by atoms with Gasteiger partial charge in [0.15, 0.2) is 0 Å². The monoisotopic (exact) mass is 364 g/mol. The van der Waals surface area contributed by atoms with Gasteiger partial charge in [-0.3, -0.25) is 4.79 Å². The minimum Gasteiger partial charge on any atom is -0.489 e. The van der Waals surface area contributed by atoms with Crippen molar-refractivity contribution in [3.05, 3.63) is 59.9 Å². The number of pyridine rings is 1. The molecule has 2 atom stereocenters. The summed E-state index contributed by atoms with van der Waals surface area (Å²) in [6.07, 6.45) is 6.13. The third-order valence-corrected chi connectivity index (χ3v) is 5.62. The Morgan fingerprint density at radius 2 is 2.07 bits per heavy atom. The molecule has 1 aromatic carbocycles. The van der Waals surface area contributed by atoms with Crippen LogP contribution in [0.5, 0.6) is 5.75 Å². The van der Waals surface area contributed by atoms with Gasteiger partial charge in [-0.15, -0.1) is 0 Å². The normalized spacial score (nSPS) is 14.7. The van der Waals surface area contributed by atoms with Crippen LogP contribution in [-0.4, -0.2) is 21.9 Å². The van der Waals surface area contributed by atoms with Crippen LogP contribution in [0.1, 0.15) is 51.2 Å². The number of ether oxygens (including phenoxy) is 1. The highest BCUT2D eigenvalue weighted by molar-refractivity contribution is 5.88. The van der Waals surface area contributed by atoms with Gasteiger partial charge in [-0.1, -0.05) is 31.2 Å². The molecule has 0 bridgehead atoms. The molecular formula is C23H28N2O2. The zero-order valence-electron chi connectivity index (χ0n) is 16.6. The number of benzene rings is 1. The van der Waals surface area contributed by atoms with Crippen molar-refractivity contribution in [2.75, 3.05) is 0 Å². The van der Waals surface area contributed by atoms with Crippen LogP contribution in [-0.2, 0) is 10.2 Å². The Hall–Kier alpha value is -2.62.